The third-order valence-electron chi connectivity index (χ3n) is 4.35. The molecule has 9 heteroatoms. The number of carbonyl (C=O) groups excluding carboxylic acids is 1. The van der Waals surface area contributed by atoms with Gasteiger partial charge in [-0.1, -0.05) is 6.07 Å². The number of nitrogens with zero attached hydrogens (tertiary/aromatic N) is 2. The minimum atomic E-state index is -0.805. The largest absolute Gasteiger partial charge is 0.493 e. The molecule has 140 valence electrons. The average Bonchev–Trinajstić information content (AvgIpc) is 3.04. The molecule has 1 aliphatic heterocycles. The Morgan fingerprint density at radius 1 is 1.41 bits per heavy atom. The number of aryl methyl sites for hydroxylation is 1. The molecule has 0 bridgehead atoms. The summed E-state index contributed by atoms with van der Waals surface area (Å²) in [6, 6.07) is 7.27. The maximum Gasteiger partial charge on any atom is 0.343 e. The van der Waals surface area contributed by atoms with Crippen LogP contribution >= 0.6 is 0 Å². The van der Waals surface area contributed by atoms with E-state index in [4.69, 9.17) is 19.6 Å². The number of nitrogens with one attached hydrogen (secondary N) is 2. The van der Waals surface area contributed by atoms with Crippen LogP contribution in [0, 0.1) is 29.6 Å². The van der Waals surface area contributed by atoms with Crippen molar-refractivity contribution in [2.24, 2.45) is 5.92 Å². The molecule has 1 aliphatic rings. The maximum absolute atomic E-state index is 11.3. The smallest absolute Gasteiger partial charge is 0.343 e. The van der Waals surface area contributed by atoms with Crippen LogP contribution < -0.4 is 14.2 Å². The lowest BCUT2D eigenvalue weighted by Gasteiger charge is -2.28. The third kappa shape index (κ3) is 3.29. The molecule has 2 N–H and O–H groups in total. The number of aromatic amines is 1. The van der Waals surface area contributed by atoms with E-state index in [1.807, 2.05) is 6.92 Å². The molecule has 0 spiro atoms. The number of rotatable bonds is 5. The number of aromatic nitrogens is 2. The van der Waals surface area contributed by atoms with Crippen LogP contribution in [0.3, 0.4) is 0 Å². The van der Waals surface area contributed by atoms with Crippen molar-refractivity contribution in [2.45, 2.75) is 12.8 Å². The molecule has 2 aromatic rings. The zero-order valence-corrected chi connectivity index (χ0v) is 15.0. The number of benzene rings is 1. The van der Waals surface area contributed by atoms with Crippen LogP contribution in [-0.2, 0) is 9.53 Å². The van der Waals surface area contributed by atoms with Gasteiger partial charge in [0.25, 0.3) is 0 Å². The summed E-state index contributed by atoms with van der Waals surface area (Å²) in [5.41, 5.74) is 2.22. The Labute approximate surface area is 155 Å². The van der Waals surface area contributed by atoms with Gasteiger partial charge in [0.2, 0.25) is 11.8 Å². The number of esters is 1. The van der Waals surface area contributed by atoms with Gasteiger partial charge in [-0.15, -0.1) is 5.10 Å². The SMILES string of the molecule is COC(=O)COc1ccc(C2c3c(n[nH]c3C)OC(=N)C2C#N)cc1OC. The van der Waals surface area contributed by atoms with Crippen LogP contribution in [0.25, 0.3) is 0 Å². The highest BCUT2D eigenvalue weighted by Crippen LogP contribution is 2.44. The Morgan fingerprint density at radius 3 is 2.85 bits per heavy atom. The Kier molecular flexibility index (Phi) is 4.98. The predicted molar refractivity (Wildman–Crippen MR) is 93.1 cm³/mol. The second-order valence-corrected chi connectivity index (χ2v) is 5.89. The highest BCUT2D eigenvalue weighted by molar-refractivity contribution is 5.84. The summed E-state index contributed by atoms with van der Waals surface area (Å²) in [6.45, 7) is 1.58. The molecule has 1 aromatic heterocycles. The second kappa shape index (κ2) is 7.37. The Bertz CT molecular complexity index is 930. The van der Waals surface area contributed by atoms with Gasteiger partial charge < -0.3 is 18.9 Å². The summed E-state index contributed by atoms with van der Waals surface area (Å²) in [7, 11) is 2.76. The van der Waals surface area contributed by atoms with Crippen LogP contribution in [0.15, 0.2) is 18.2 Å². The van der Waals surface area contributed by atoms with E-state index in [9.17, 15) is 10.1 Å². The number of carbonyl (C=O) groups is 1. The Balaban J connectivity index is 2.02. The number of nitriles is 1. The minimum Gasteiger partial charge on any atom is -0.493 e. The summed E-state index contributed by atoms with van der Waals surface area (Å²) in [5.74, 6) is -0.873. The van der Waals surface area contributed by atoms with Crippen LogP contribution in [0.5, 0.6) is 17.4 Å². The Morgan fingerprint density at radius 2 is 2.19 bits per heavy atom. The molecule has 0 radical (unpaired) electrons. The summed E-state index contributed by atoms with van der Waals surface area (Å²) in [4.78, 5) is 11.3. The van der Waals surface area contributed by atoms with Crippen molar-refractivity contribution < 1.29 is 23.7 Å². The fraction of sp³-hybridized carbons (Fsp3) is 0.333. The van der Waals surface area contributed by atoms with Gasteiger partial charge in [-0.2, -0.15) is 5.26 Å². The fourth-order valence-corrected chi connectivity index (χ4v) is 3.03. The van der Waals surface area contributed by atoms with Crippen molar-refractivity contribution in [3.8, 4) is 23.4 Å². The molecule has 1 aromatic carbocycles. The van der Waals surface area contributed by atoms with Crippen LogP contribution in [0.4, 0.5) is 0 Å². The van der Waals surface area contributed by atoms with E-state index >= 15 is 0 Å². The van der Waals surface area contributed by atoms with E-state index in [2.05, 4.69) is 21.0 Å². The first-order valence-corrected chi connectivity index (χ1v) is 8.08. The zero-order valence-electron chi connectivity index (χ0n) is 15.0. The van der Waals surface area contributed by atoms with E-state index in [0.717, 1.165) is 16.8 Å². The molecule has 2 heterocycles. The van der Waals surface area contributed by atoms with Gasteiger partial charge in [0.1, 0.15) is 5.92 Å². The van der Waals surface area contributed by atoms with Gasteiger partial charge in [-0.3, -0.25) is 10.5 Å². The van der Waals surface area contributed by atoms with E-state index in [1.54, 1.807) is 18.2 Å². The number of fused-ring (bicyclic) bond motifs is 1. The van der Waals surface area contributed by atoms with Gasteiger partial charge in [0, 0.05) is 17.2 Å². The van der Waals surface area contributed by atoms with Gasteiger partial charge in [-0.25, -0.2) is 4.79 Å². The van der Waals surface area contributed by atoms with Gasteiger partial charge in [0.15, 0.2) is 18.1 Å². The molecule has 0 fully saturated rings. The van der Waals surface area contributed by atoms with Crippen molar-refractivity contribution in [2.75, 3.05) is 20.8 Å². The molecule has 0 saturated heterocycles. The van der Waals surface area contributed by atoms with Crippen LogP contribution in [0.1, 0.15) is 22.7 Å². The second-order valence-electron chi connectivity index (χ2n) is 5.89. The monoisotopic (exact) mass is 370 g/mol. The lowest BCUT2D eigenvalue weighted by Crippen LogP contribution is -2.31. The summed E-state index contributed by atoms with van der Waals surface area (Å²) < 4.78 is 20.7. The standard InChI is InChI=1S/C18H18N4O5/c1-9-15-16(11(7-19)17(20)27-18(15)22-21-9)10-4-5-12(13(6-10)24-2)26-8-14(23)25-3/h4-6,11,16,20H,8H2,1-3H3,(H,21,22). The molecular weight excluding hydrogens is 352 g/mol. The lowest BCUT2D eigenvalue weighted by atomic mass is 9.79. The van der Waals surface area contributed by atoms with Crippen molar-refractivity contribution >= 4 is 11.9 Å². The van der Waals surface area contributed by atoms with Gasteiger partial charge in [-0.05, 0) is 24.6 Å². The van der Waals surface area contributed by atoms with Crippen LogP contribution in [0.2, 0.25) is 0 Å². The topological polar surface area (TPSA) is 130 Å². The van der Waals surface area contributed by atoms with Gasteiger partial charge >= 0.3 is 5.97 Å². The highest BCUT2D eigenvalue weighted by Gasteiger charge is 2.40. The first kappa shape index (κ1) is 18.3. The van der Waals surface area contributed by atoms with E-state index in [0.29, 0.717) is 17.4 Å². The number of ether oxygens (including phenoxy) is 4. The summed E-state index contributed by atoms with van der Waals surface area (Å²) in [5, 5.41) is 24.5. The minimum absolute atomic E-state index is 0.161. The Hall–Kier alpha value is -3.54. The van der Waals surface area contributed by atoms with Crippen molar-refractivity contribution in [1.82, 2.24) is 10.2 Å². The van der Waals surface area contributed by atoms with Crippen molar-refractivity contribution in [1.29, 1.82) is 10.7 Å². The molecule has 27 heavy (non-hydrogen) atoms. The number of hydrogen-bond acceptors (Lipinski definition) is 8. The van der Waals surface area contributed by atoms with E-state index in [-0.39, 0.29) is 12.5 Å². The fourth-order valence-electron chi connectivity index (χ4n) is 3.03. The first-order valence-electron chi connectivity index (χ1n) is 8.08. The highest BCUT2D eigenvalue weighted by atomic mass is 16.6. The zero-order chi connectivity index (χ0) is 19.6. The van der Waals surface area contributed by atoms with Crippen LogP contribution in [-0.4, -0.2) is 42.9 Å². The normalized spacial score (nSPS) is 18.1. The summed E-state index contributed by atoms with van der Waals surface area (Å²) >= 11 is 0. The number of methoxy groups -OCH3 is 2. The van der Waals surface area contributed by atoms with E-state index < -0.39 is 17.8 Å². The molecular formula is C18H18N4O5. The quantitative estimate of drug-likeness (QED) is 0.769. The lowest BCUT2D eigenvalue weighted by molar-refractivity contribution is -0.142. The molecule has 9 nitrogen and oxygen atoms in total. The molecule has 0 saturated carbocycles. The third-order valence-corrected chi connectivity index (χ3v) is 4.35. The molecule has 3 rings (SSSR count). The predicted octanol–water partition coefficient (Wildman–Crippen LogP) is 1.92. The van der Waals surface area contributed by atoms with Crippen molar-refractivity contribution in [3.05, 3.63) is 35.0 Å². The molecule has 0 aliphatic carbocycles. The summed E-state index contributed by atoms with van der Waals surface area (Å²) in [6.07, 6.45) is 0. The number of hydrogen-bond donors (Lipinski definition) is 2. The molecule has 2 unspecified atom stereocenters. The van der Waals surface area contributed by atoms with E-state index in [1.165, 1.54) is 14.2 Å². The first-order chi connectivity index (χ1) is 13.0. The number of H-pyrrole nitrogens is 1. The van der Waals surface area contributed by atoms with Crippen molar-refractivity contribution in [3.63, 3.8) is 0 Å². The molecule has 2 atom stereocenters. The maximum atomic E-state index is 11.3. The van der Waals surface area contributed by atoms with Gasteiger partial charge in [0.05, 0.1) is 20.3 Å². The average molecular weight is 370 g/mol. The molecule has 0 amide bonds.